The minimum atomic E-state index is -0.997. The van der Waals surface area contributed by atoms with Crippen molar-refractivity contribution in [2.75, 3.05) is 11.9 Å². The molecule has 0 unspecified atom stereocenters. The number of hydrogen-bond donors (Lipinski definition) is 3. The number of aromatic nitrogens is 1. The van der Waals surface area contributed by atoms with Gasteiger partial charge in [-0.15, -0.1) is 0 Å². The van der Waals surface area contributed by atoms with Crippen LogP contribution in [0.5, 0.6) is 0 Å². The number of carbonyl (C=O) groups is 1. The van der Waals surface area contributed by atoms with Gasteiger partial charge in [0.15, 0.2) is 0 Å². The predicted molar refractivity (Wildman–Crippen MR) is 68.0 cm³/mol. The number of aromatic carboxylic acids is 1. The van der Waals surface area contributed by atoms with Gasteiger partial charge in [0.05, 0.1) is 5.60 Å². The number of aryl methyl sites for hydroxylation is 2. The Hall–Kier alpha value is -1.62. The van der Waals surface area contributed by atoms with Gasteiger partial charge in [-0.3, -0.25) is 0 Å². The van der Waals surface area contributed by atoms with Crippen molar-refractivity contribution >= 4 is 11.8 Å². The Balaban J connectivity index is 2.22. The van der Waals surface area contributed by atoms with E-state index in [1.165, 1.54) is 0 Å². The van der Waals surface area contributed by atoms with Crippen LogP contribution < -0.4 is 5.32 Å². The minimum absolute atomic E-state index is 0.184. The summed E-state index contributed by atoms with van der Waals surface area (Å²) in [6.45, 7) is 3.92. The molecule has 0 aliphatic heterocycles. The normalized spacial score (nSPS) is 17.1. The zero-order valence-corrected chi connectivity index (χ0v) is 10.7. The summed E-state index contributed by atoms with van der Waals surface area (Å²) in [5.41, 5.74) is 0.928. The van der Waals surface area contributed by atoms with Crippen molar-refractivity contribution in [3.05, 3.63) is 22.9 Å². The molecule has 1 aliphatic carbocycles. The minimum Gasteiger partial charge on any atom is -0.478 e. The third-order valence-corrected chi connectivity index (χ3v) is 3.43. The third kappa shape index (κ3) is 2.46. The smallest absolute Gasteiger partial charge is 0.339 e. The highest BCUT2D eigenvalue weighted by Crippen LogP contribution is 2.32. The number of rotatable bonds is 4. The average molecular weight is 250 g/mol. The molecular weight excluding hydrogens is 232 g/mol. The lowest BCUT2D eigenvalue weighted by atomic mass is 9.80. The number of hydrogen-bond acceptors (Lipinski definition) is 4. The number of pyridine rings is 1. The molecule has 3 N–H and O–H groups in total. The first-order chi connectivity index (χ1) is 8.41. The summed E-state index contributed by atoms with van der Waals surface area (Å²) >= 11 is 0. The lowest BCUT2D eigenvalue weighted by molar-refractivity contribution is -0.0203. The van der Waals surface area contributed by atoms with Gasteiger partial charge in [-0.2, -0.15) is 0 Å². The maximum atomic E-state index is 11.2. The van der Waals surface area contributed by atoms with Gasteiger partial charge in [0, 0.05) is 12.2 Å². The van der Waals surface area contributed by atoms with Gasteiger partial charge in [0.25, 0.3) is 0 Å². The van der Waals surface area contributed by atoms with Crippen molar-refractivity contribution in [1.82, 2.24) is 4.98 Å². The maximum Gasteiger partial charge on any atom is 0.339 e. The van der Waals surface area contributed by atoms with Crippen molar-refractivity contribution in [3.8, 4) is 0 Å². The average Bonchev–Trinajstić information content (AvgIpc) is 2.22. The van der Waals surface area contributed by atoms with Gasteiger partial charge < -0.3 is 15.5 Å². The Morgan fingerprint density at radius 3 is 2.67 bits per heavy atom. The molecule has 0 saturated heterocycles. The van der Waals surface area contributed by atoms with E-state index in [2.05, 4.69) is 10.3 Å². The van der Waals surface area contributed by atoms with Crippen LogP contribution in [0.3, 0.4) is 0 Å². The van der Waals surface area contributed by atoms with Gasteiger partial charge in [-0.05, 0) is 44.7 Å². The number of nitrogens with one attached hydrogen (secondary N) is 1. The van der Waals surface area contributed by atoms with E-state index in [1.54, 1.807) is 13.0 Å². The van der Waals surface area contributed by atoms with Crippen molar-refractivity contribution in [2.45, 2.75) is 38.7 Å². The lowest BCUT2D eigenvalue weighted by Crippen LogP contribution is -2.43. The monoisotopic (exact) mass is 250 g/mol. The molecule has 0 atom stereocenters. The molecule has 1 aromatic heterocycles. The molecule has 0 spiro atoms. The Kier molecular flexibility index (Phi) is 3.26. The van der Waals surface area contributed by atoms with Crippen molar-refractivity contribution in [3.63, 3.8) is 0 Å². The zero-order chi connectivity index (χ0) is 13.3. The van der Waals surface area contributed by atoms with E-state index in [4.69, 9.17) is 0 Å². The highest BCUT2D eigenvalue weighted by Gasteiger charge is 2.34. The largest absolute Gasteiger partial charge is 0.478 e. The Morgan fingerprint density at radius 1 is 1.50 bits per heavy atom. The SMILES string of the molecule is Cc1cc(C)c(C(=O)O)c(NCC2(O)CCC2)n1. The molecule has 1 fully saturated rings. The van der Waals surface area contributed by atoms with E-state index in [9.17, 15) is 15.0 Å². The van der Waals surface area contributed by atoms with E-state index >= 15 is 0 Å². The van der Waals surface area contributed by atoms with Gasteiger partial charge in [0.1, 0.15) is 11.4 Å². The second-order valence-corrected chi connectivity index (χ2v) is 5.04. The standard InChI is InChI=1S/C13H18N2O3/c1-8-6-9(2)15-11(10(8)12(16)17)14-7-13(18)4-3-5-13/h6,18H,3-5,7H2,1-2H3,(H,14,15)(H,16,17). The second-order valence-electron chi connectivity index (χ2n) is 5.04. The summed E-state index contributed by atoms with van der Waals surface area (Å²) in [6, 6.07) is 1.74. The predicted octanol–water partition coefficient (Wildman–Crippen LogP) is 1.72. The quantitative estimate of drug-likeness (QED) is 0.758. The van der Waals surface area contributed by atoms with Crippen LogP contribution in [0.15, 0.2) is 6.07 Å². The maximum absolute atomic E-state index is 11.2. The van der Waals surface area contributed by atoms with Crippen LogP contribution in [0, 0.1) is 13.8 Å². The van der Waals surface area contributed by atoms with E-state index < -0.39 is 11.6 Å². The van der Waals surface area contributed by atoms with Gasteiger partial charge >= 0.3 is 5.97 Å². The highest BCUT2D eigenvalue weighted by molar-refractivity contribution is 5.94. The molecule has 98 valence electrons. The molecule has 1 heterocycles. The molecular formula is C13H18N2O3. The topological polar surface area (TPSA) is 82.5 Å². The van der Waals surface area contributed by atoms with Crippen LogP contribution in [0.4, 0.5) is 5.82 Å². The number of carboxylic acids is 1. The number of anilines is 1. The fourth-order valence-electron chi connectivity index (χ4n) is 2.24. The van der Waals surface area contributed by atoms with Crippen LogP contribution in [-0.4, -0.2) is 33.3 Å². The van der Waals surface area contributed by atoms with Crippen LogP contribution in [0.1, 0.15) is 40.9 Å². The molecule has 0 bridgehead atoms. The van der Waals surface area contributed by atoms with Gasteiger partial charge in [-0.1, -0.05) is 0 Å². The first-order valence-corrected chi connectivity index (χ1v) is 6.09. The van der Waals surface area contributed by atoms with E-state index in [-0.39, 0.29) is 5.56 Å². The van der Waals surface area contributed by atoms with E-state index in [1.807, 2.05) is 6.92 Å². The lowest BCUT2D eigenvalue weighted by Gasteiger charge is -2.36. The zero-order valence-electron chi connectivity index (χ0n) is 10.7. The van der Waals surface area contributed by atoms with Crippen LogP contribution >= 0.6 is 0 Å². The molecule has 0 radical (unpaired) electrons. The molecule has 0 amide bonds. The molecule has 5 heteroatoms. The fourth-order valence-corrected chi connectivity index (χ4v) is 2.24. The van der Waals surface area contributed by atoms with Crippen molar-refractivity contribution in [2.24, 2.45) is 0 Å². The van der Waals surface area contributed by atoms with Gasteiger partial charge in [-0.25, -0.2) is 9.78 Å². The number of carboxylic acid groups (broad SMARTS) is 1. The van der Waals surface area contributed by atoms with Crippen LogP contribution in [0.25, 0.3) is 0 Å². The summed E-state index contributed by atoms with van der Waals surface area (Å²) in [5.74, 6) is -0.650. The Bertz CT molecular complexity index is 481. The summed E-state index contributed by atoms with van der Waals surface area (Å²) in [7, 11) is 0. The third-order valence-electron chi connectivity index (χ3n) is 3.43. The highest BCUT2D eigenvalue weighted by atomic mass is 16.4. The number of aliphatic hydroxyl groups is 1. The molecule has 2 rings (SSSR count). The van der Waals surface area contributed by atoms with Crippen molar-refractivity contribution < 1.29 is 15.0 Å². The summed E-state index contributed by atoms with van der Waals surface area (Å²) in [5, 5.41) is 22.2. The summed E-state index contributed by atoms with van der Waals surface area (Å²) in [6.07, 6.45) is 2.53. The second kappa shape index (κ2) is 4.57. The molecule has 0 aromatic carbocycles. The van der Waals surface area contributed by atoms with E-state index in [0.717, 1.165) is 25.0 Å². The molecule has 5 nitrogen and oxygen atoms in total. The fraction of sp³-hybridized carbons (Fsp3) is 0.538. The molecule has 1 aliphatic rings. The molecule has 1 saturated carbocycles. The Morgan fingerprint density at radius 2 is 2.17 bits per heavy atom. The summed E-state index contributed by atoms with van der Waals surface area (Å²) < 4.78 is 0. The Labute approximate surface area is 106 Å². The van der Waals surface area contributed by atoms with Crippen molar-refractivity contribution in [1.29, 1.82) is 0 Å². The molecule has 1 aromatic rings. The summed E-state index contributed by atoms with van der Waals surface area (Å²) in [4.78, 5) is 15.4. The van der Waals surface area contributed by atoms with Crippen LogP contribution in [-0.2, 0) is 0 Å². The van der Waals surface area contributed by atoms with E-state index in [0.29, 0.717) is 17.9 Å². The van der Waals surface area contributed by atoms with Gasteiger partial charge in [0.2, 0.25) is 0 Å². The molecule has 18 heavy (non-hydrogen) atoms. The first-order valence-electron chi connectivity index (χ1n) is 6.09. The number of nitrogens with zero attached hydrogens (tertiary/aromatic N) is 1. The van der Waals surface area contributed by atoms with Crippen LogP contribution in [0.2, 0.25) is 0 Å². The first kappa shape index (κ1) is 12.8.